The molecule has 0 saturated carbocycles. The second kappa shape index (κ2) is 11.3. The summed E-state index contributed by atoms with van der Waals surface area (Å²) >= 11 is 5.32. The third-order valence-corrected chi connectivity index (χ3v) is 10.9. The predicted octanol–water partition coefficient (Wildman–Crippen LogP) is 3.21. The number of alkyl halides is 1. The maximum absolute atomic E-state index is 14.3. The van der Waals surface area contributed by atoms with Gasteiger partial charge in [0.1, 0.15) is 12.6 Å². The van der Waals surface area contributed by atoms with Crippen LogP contribution in [0.25, 0.3) is 0 Å². The molecule has 37 heavy (non-hydrogen) atoms. The molecular formula is C28H35BrN2O5S. The Bertz CT molecular complexity index is 1050. The molecule has 3 fully saturated rings. The molecule has 9 heteroatoms. The zero-order valence-electron chi connectivity index (χ0n) is 21.3. The Morgan fingerprint density at radius 2 is 2.00 bits per heavy atom. The number of carbonyl (C=O) groups is 3. The summed E-state index contributed by atoms with van der Waals surface area (Å²) in [6, 6.07) is 8.08. The fourth-order valence-electron chi connectivity index (χ4n) is 6.24. The summed E-state index contributed by atoms with van der Waals surface area (Å²) in [4.78, 5) is 45.1. The van der Waals surface area contributed by atoms with Gasteiger partial charge in [-0.3, -0.25) is 14.4 Å². The van der Waals surface area contributed by atoms with Crippen LogP contribution in [-0.4, -0.2) is 85.4 Å². The molecule has 3 saturated heterocycles. The first kappa shape index (κ1) is 27.9. The third kappa shape index (κ3) is 4.79. The molecule has 3 aliphatic rings. The lowest BCUT2D eigenvalue weighted by molar-refractivity contribution is -0.153. The highest BCUT2D eigenvalue weighted by Gasteiger charge is 2.76. The minimum absolute atomic E-state index is 0.0494. The number of thioether (sulfide) groups is 1. The number of amides is 2. The van der Waals surface area contributed by atoms with Crippen molar-refractivity contribution in [1.29, 1.82) is 0 Å². The molecule has 1 spiro atoms. The van der Waals surface area contributed by atoms with E-state index in [0.29, 0.717) is 19.4 Å². The zero-order chi connectivity index (χ0) is 26.9. The maximum Gasteiger partial charge on any atom is 0.311 e. The van der Waals surface area contributed by atoms with Crippen LogP contribution in [-0.2, 0) is 25.5 Å². The van der Waals surface area contributed by atoms with Crippen molar-refractivity contribution >= 4 is 45.5 Å². The normalized spacial score (nSPS) is 30.8. The number of likely N-dealkylation sites (tertiary alicyclic amines) is 1. The van der Waals surface area contributed by atoms with Gasteiger partial charge < -0.3 is 19.6 Å². The minimum Gasteiger partial charge on any atom is -0.461 e. The van der Waals surface area contributed by atoms with E-state index >= 15 is 0 Å². The van der Waals surface area contributed by atoms with Crippen LogP contribution in [0.1, 0.15) is 25.8 Å². The summed E-state index contributed by atoms with van der Waals surface area (Å²) in [6.07, 6.45) is 4.16. The molecular weight excluding hydrogens is 556 g/mol. The second-order valence-corrected chi connectivity index (χ2v) is 12.9. The molecule has 3 unspecified atom stereocenters. The molecule has 0 aliphatic carbocycles. The number of carbonyl (C=O) groups excluding carboxylic acids is 3. The van der Waals surface area contributed by atoms with Crippen LogP contribution in [0.2, 0.25) is 0 Å². The maximum atomic E-state index is 14.3. The first-order valence-corrected chi connectivity index (χ1v) is 14.5. The standard InChI is InChI=1S/C28H35BrN2O5S/c1-5-12-30(17(3)4)26(34)24-28-15-20(29)23(37-28)21(27(35)36-13-6-2)22(28)25(33)31(24)19(16-32)14-18-10-8-7-9-11-18/h5-11,17,19-24,32H,1-2,12-16H2,3-4H3/t19-,20?,21+,22+,23+,24?,28?/m1/s1. The molecule has 1 aromatic carbocycles. The van der Waals surface area contributed by atoms with Crippen LogP contribution in [0.15, 0.2) is 55.6 Å². The number of fused-ring (bicyclic) bond motifs is 1. The number of aliphatic hydroxyl groups excluding tert-OH is 1. The molecule has 1 N–H and O–H groups in total. The Balaban J connectivity index is 1.81. The van der Waals surface area contributed by atoms with Gasteiger partial charge in [-0.1, -0.05) is 65.0 Å². The summed E-state index contributed by atoms with van der Waals surface area (Å²) in [5.41, 5.74) is 0.958. The van der Waals surface area contributed by atoms with Gasteiger partial charge in [0, 0.05) is 22.7 Å². The van der Waals surface area contributed by atoms with E-state index in [1.54, 1.807) is 27.6 Å². The Kier molecular flexibility index (Phi) is 8.55. The van der Waals surface area contributed by atoms with Crippen molar-refractivity contribution in [2.45, 2.75) is 59.6 Å². The average molecular weight is 592 g/mol. The number of halogens is 1. The molecule has 0 aromatic heterocycles. The molecule has 3 aliphatic heterocycles. The Hall–Kier alpha value is -2.10. The number of hydrogen-bond donors (Lipinski definition) is 1. The lowest BCUT2D eigenvalue weighted by Gasteiger charge is -2.41. The fraction of sp³-hybridized carbons (Fsp3) is 0.536. The van der Waals surface area contributed by atoms with E-state index in [1.807, 2.05) is 44.2 Å². The van der Waals surface area contributed by atoms with Gasteiger partial charge in [0.25, 0.3) is 0 Å². The highest BCUT2D eigenvalue weighted by molar-refractivity contribution is 9.09. The van der Waals surface area contributed by atoms with Gasteiger partial charge in [-0.15, -0.1) is 18.3 Å². The zero-order valence-corrected chi connectivity index (χ0v) is 23.7. The number of nitrogens with zero attached hydrogens (tertiary/aromatic N) is 2. The van der Waals surface area contributed by atoms with Gasteiger partial charge in [-0.2, -0.15) is 0 Å². The number of hydrogen-bond acceptors (Lipinski definition) is 6. The lowest BCUT2D eigenvalue weighted by Crippen LogP contribution is -2.59. The van der Waals surface area contributed by atoms with E-state index in [4.69, 9.17) is 4.74 Å². The first-order valence-electron chi connectivity index (χ1n) is 12.7. The van der Waals surface area contributed by atoms with E-state index in [0.717, 1.165) is 5.56 Å². The Morgan fingerprint density at radius 3 is 2.59 bits per heavy atom. The van der Waals surface area contributed by atoms with Crippen LogP contribution in [0.4, 0.5) is 0 Å². The summed E-state index contributed by atoms with van der Waals surface area (Å²) in [5.74, 6) is -2.26. The number of rotatable bonds is 11. The Morgan fingerprint density at radius 1 is 1.30 bits per heavy atom. The van der Waals surface area contributed by atoms with Gasteiger partial charge in [-0.25, -0.2) is 0 Å². The van der Waals surface area contributed by atoms with E-state index in [2.05, 4.69) is 29.1 Å². The van der Waals surface area contributed by atoms with Crippen LogP contribution in [0.5, 0.6) is 0 Å². The SMILES string of the molecule is C=CCOC(=O)[C@H]1[C@H]2C(=O)N([C@@H](CO)Cc3ccccc3)C(C(=O)N(CC=C)C(C)C)C23CC(Br)[C@@H]1S3. The quantitative estimate of drug-likeness (QED) is 0.242. The number of esters is 1. The van der Waals surface area contributed by atoms with Crippen LogP contribution >= 0.6 is 27.7 Å². The molecule has 7 nitrogen and oxygen atoms in total. The van der Waals surface area contributed by atoms with E-state index in [9.17, 15) is 19.5 Å². The average Bonchev–Trinajstić information content (AvgIpc) is 3.47. The number of benzene rings is 1. The van der Waals surface area contributed by atoms with Gasteiger partial charge in [0.2, 0.25) is 11.8 Å². The van der Waals surface area contributed by atoms with E-state index < -0.39 is 34.6 Å². The van der Waals surface area contributed by atoms with Crippen molar-refractivity contribution in [2.75, 3.05) is 19.8 Å². The summed E-state index contributed by atoms with van der Waals surface area (Å²) < 4.78 is 4.64. The van der Waals surface area contributed by atoms with Gasteiger partial charge >= 0.3 is 5.97 Å². The second-order valence-electron chi connectivity index (χ2n) is 10.2. The van der Waals surface area contributed by atoms with E-state index in [1.165, 1.54) is 6.08 Å². The summed E-state index contributed by atoms with van der Waals surface area (Å²) in [6.45, 7) is 11.4. The minimum atomic E-state index is -0.819. The van der Waals surface area contributed by atoms with Crippen molar-refractivity contribution in [3.8, 4) is 0 Å². The highest BCUT2D eigenvalue weighted by Crippen LogP contribution is 2.68. The third-order valence-electron chi connectivity index (χ3n) is 7.73. The van der Waals surface area contributed by atoms with E-state index in [-0.39, 0.29) is 41.1 Å². The molecule has 2 bridgehead atoms. The van der Waals surface area contributed by atoms with Gasteiger partial charge in [0.05, 0.1) is 29.2 Å². The van der Waals surface area contributed by atoms with Crippen molar-refractivity contribution in [2.24, 2.45) is 11.8 Å². The molecule has 7 atom stereocenters. The molecule has 4 rings (SSSR count). The summed E-state index contributed by atoms with van der Waals surface area (Å²) in [5, 5.41) is 10.4. The monoisotopic (exact) mass is 590 g/mol. The lowest BCUT2D eigenvalue weighted by atomic mass is 9.71. The van der Waals surface area contributed by atoms with Gasteiger partial charge in [0.15, 0.2) is 0 Å². The summed E-state index contributed by atoms with van der Waals surface area (Å²) in [7, 11) is 0. The Labute approximate surface area is 231 Å². The highest BCUT2D eigenvalue weighted by atomic mass is 79.9. The number of aliphatic hydroxyl groups is 1. The van der Waals surface area contributed by atoms with Crippen LogP contribution in [0.3, 0.4) is 0 Å². The molecule has 3 heterocycles. The smallest absolute Gasteiger partial charge is 0.311 e. The predicted molar refractivity (Wildman–Crippen MR) is 148 cm³/mol. The largest absolute Gasteiger partial charge is 0.461 e. The van der Waals surface area contributed by atoms with Crippen LogP contribution < -0.4 is 0 Å². The first-order chi connectivity index (χ1) is 17.7. The fourth-order valence-corrected chi connectivity index (χ4v) is 9.82. The number of ether oxygens (including phenoxy) is 1. The molecule has 2 amide bonds. The van der Waals surface area contributed by atoms with Crippen LogP contribution in [0, 0.1) is 11.8 Å². The van der Waals surface area contributed by atoms with Crippen molar-refractivity contribution < 1.29 is 24.2 Å². The molecule has 1 aromatic rings. The van der Waals surface area contributed by atoms with Gasteiger partial charge in [-0.05, 0) is 32.3 Å². The molecule has 200 valence electrons. The van der Waals surface area contributed by atoms with Crippen molar-refractivity contribution in [3.63, 3.8) is 0 Å². The van der Waals surface area contributed by atoms with Crippen molar-refractivity contribution in [1.82, 2.24) is 9.80 Å². The van der Waals surface area contributed by atoms with Crippen molar-refractivity contribution in [3.05, 3.63) is 61.2 Å². The topological polar surface area (TPSA) is 87.1 Å². The molecule has 0 radical (unpaired) electrons.